The Morgan fingerprint density at radius 1 is 1.30 bits per heavy atom. The van der Waals surface area contributed by atoms with E-state index in [1.54, 1.807) is 6.20 Å². The summed E-state index contributed by atoms with van der Waals surface area (Å²) in [5.41, 5.74) is 2.79. The number of rotatable bonds is 4. The van der Waals surface area contributed by atoms with Gasteiger partial charge in [0.2, 0.25) is 0 Å². The Kier molecular flexibility index (Phi) is 4.46. The summed E-state index contributed by atoms with van der Waals surface area (Å²) >= 11 is 0. The second kappa shape index (κ2) is 6.52. The molecule has 0 radical (unpaired) electrons. The van der Waals surface area contributed by atoms with Gasteiger partial charge in [0, 0.05) is 38.1 Å². The van der Waals surface area contributed by atoms with E-state index >= 15 is 0 Å². The fourth-order valence-corrected chi connectivity index (χ4v) is 3.23. The van der Waals surface area contributed by atoms with E-state index in [0.717, 1.165) is 49.3 Å². The second-order valence-corrected chi connectivity index (χ2v) is 6.30. The van der Waals surface area contributed by atoms with Crippen molar-refractivity contribution >= 4 is 5.91 Å². The molecule has 5 heteroatoms. The van der Waals surface area contributed by atoms with Gasteiger partial charge in [-0.1, -0.05) is 6.92 Å². The van der Waals surface area contributed by atoms with Crippen LogP contribution in [0, 0.1) is 13.8 Å². The molecule has 2 aromatic rings. The van der Waals surface area contributed by atoms with Crippen LogP contribution in [0.4, 0.5) is 0 Å². The zero-order valence-corrected chi connectivity index (χ0v) is 14.1. The Labute approximate surface area is 137 Å². The number of nitrogens with zero attached hydrogens (tertiary/aromatic N) is 4. The minimum Gasteiger partial charge on any atom is -0.333 e. The molecule has 0 bridgehead atoms. The average molecular weight is 312 g/mol. The van der Waals surface area contributed by atoms with Gasteiger partial charge in [-0.05, 0) is 43.9 Å². The number of imidazole rings is 1. The van der Waals surface area contributed by atoms with Crippen molar-refractivity contribution in [1.82, 2.24) is 19.4 Å². The summed E-state index contributed by atoms with van der Waals surface area (Å²) in [6.45, 7) is 7.78. The van der Waals surface area contributed by atoms with Gasteiger partial charge in [-0.15, -0.1) is 0 Å². The highest BCUT2D eigenvalue weighted by atomic mass is 16.2. The van der Waals surface area contributed by atoms with Gasteiger partial charge in [-0.25, -0.2) is 4.98 Å². The standard InChI is InChI=1S/C18H24N4O/c1-4-17-19-7-9-21(17)12-15-6-5-8-22(15)18(23)16-10-13(2)14(3)11-20-16/h7,9-11,15H,4-6,8,12H2,1-3H3/t15-/m1/s1. The molecule has 1 saturated heterocycles. The molecule has 0 unspecified atom stereocenters. The van der Waals surface area contributed by atoms with Gasteiger partial charge in [-0.2, -0.15) is 0 Å². The first-order valence-electron chi connectivity index (χ1n) is 8.34. The van der Waals surface area contributed by atoms with Crippen LogP contribution in [0.5, 0.6) is 0 Å². The van der Waals surface area contributed by atoms with Crippen LogP contribution < -0.4 is 0 Å². The first kappa shape index (κ1) is 15.7. The Balaban J connectivity index is 1.78. The predicted octanol–water partition coefficient (Wildman–Crippen LogP) is 2.76. The van der Waals surface area contributed by atoms with Crippen LogP contribution in [-0.2, 0) is 13.0 Å². The van der Waals surface area contributed by atoms with Gasteiger partial charge in [0.05, 0.1) is 6.04 Å². The summed E-state index contributed by atoms with van der Waals surface area (Å²) < 4.78 is 2.17. The van der Waals surface area contributed by atoms with Gasteiger partial charge >= 0.3 is 0 Å². The Morgan fingerprint density at radius 3 is 2.87 bits per heavy atom. The molecule has 1 aliphatic heterocycles. The number of pyridine rings is 1. The lowest BCUT2D eigenvalue weighted by Crippen LogP contribution is -2.38. The number of likely N-dealkylation sites (tertiary alicyclic amines) is 1. The van der Waals surface area contributed by atoms with E-state index in [4.69, 9.17) is 0 Å². The molecule has 0 N–H and O–H groups in total. The summed E-state index contributed by atoms with van der Waals surface area (Å²) in [6, 6.07) is 2.13. The summed E-state index contributed by atoms with van der Waals surface area (Å²) in [4.78, 5) is 23.5. The van der Waals surface area contributed by atoms with Crippen molar-refractivity contribution in [2.45, 2.75) is 52.6 Å². The summed E-state index contributed by atoms with van der Waals surface area (Å²) in [6.07, 6.45) is 8.64. The third-order valence-electron chi connectivity index (χ3n) is 4.76. The minimum atomic E-state index is 0.0498. The van der Waals surface area contributed by atoms with Gasteiger partial charge in [-0.3, -0.25) is 9.78 Å². The lowest BCUT2D eigenvalue weighted by Gasteiger charge is -2.25. The minimum absolute atomic E-state index is 0.0498. The first-order valence-corrected chi connectivity index (χ1v) is 8.34. The normalized spacial score (nSPS) is 17.7. The Morgan fingerprint density at radius 2 is 2.13 bits per heavy atom. The molecule has 122 valence electrons. The fourth-order valence-electron chi connectivity index (χ4n) is 3.23. The summed E-state index contributed by atoms with van der Waals surface area (Å²) in [5.74, 6) is 1.13. The topological polar surface area (TPSA) is 51.0 Å². The number of aromatic nitrogens is 3. The maximum absolute atomic E-state index is 12.8. The van der Waals surface area contributed by atoms with Gasteiger partial charge in [0.15, 0.2) is 0 Å². The maximum Gasteiger partial charge on any atom is 0.272 e. The molecular weight excluding hydrogens is 288 g/mol. The number of hydrogen-bond acceptors (Lipinski definition) is 3. The van der Waals surface area contributed by atoms with Crippen molar-refractivity contribution in [3.05, 3.63) is 47.3 Å². The van der Waals surface area contributed by atoms with Crippen molar-refractivity contribution < 1.29 is 4.79 Å². The van der Waals surface area contributed by atoms with Gasteiger partial charge in [0.1, 0.15) is 11.5 Å². The number of amides is 1. The molecule has 1 atom stereocenters. The van der Waals surface area contributed by atoms with E-state index in [9.17, 15) is 4.79 Å². The monoisotopic (exact) mass is 312 g/mol. The third kappa shape index (κ3) is 3.14. The molecule has 5 nitrogen and oxygen atoms in total. The second-order valence-electron chi connectivity index (χ2n) is 6.30. The largest absolute Gasteiger partial charge is 0.333 e. The highest BCUT2D eigenvalue weighted by molar-refractivity contribution is 5.92. The van der Waals surface area contributed by atoms with Crippen LogP contribution in [0.2, 0.25) is 0 Å². The zero-order valence-electron chi connectivity index (χ0n) is 14.1. The zero-order chi connectivity index (χ0) is 16.4. The van der Waals surface area contributed by atoms with Gasteiger partial charge in [0.25, 0.3) is 5.91 Å². The van der Waals surface area contributed by atoms with Crippen molar-refractivity contribution in [1.29, 1.82) is 0 Å². The summed E-state index contributed by atoms with van der Waals surface area (Å²) in [7, 11) is 0. The predicted molar refractivity (Wildman–Crippen MR) is 89.4 cm³/mol. The van der Waals surface area contributed by atoms with Crippen molar-refractivity contribution in [3.8, 4) is 0 Å². The molecular formula is C18H24N4O. The van der Waals surface area contributed by atoms with Crippen molar-refractivity contribution in [2.24, 2.45) is 0 Å². The highest BCUT2D eigenvalue weighted by Gasteiger charge is 2.30. The lowest BCUT2D eigenvalue weighted by atomic mass is 10.1. The third-order valence-corrected chi connectivity index (χ3v) is 4.76. The Hall–Kier alpha value is -2.17. The van der Waals surface area contributed by atoms with Crippen LogP contribution in [0.25, 0.3) is 0 Å². The SMILES string of the molecule is CCc1nccn1C[C@H]1CCCN1C(=O)c1cc(C)c(C)cn1. The summed E-state index contributed by atoms with van der Waals surface area (Å²) in [5, 5.41) is 0. The molecule has 1 fully saturated rings. The first-order chi connectivity index (χ1) is 11.1. The smallest absolute Gasteiger partial charge is 0.272 e. The lowest BCUT2D eigenvalue weighted by molar-refractivity contribution is 0.0717. The quantitative estimate of drug-likeness (QED) is 0.872. The molecule has 1 aliphatic rings. The van der Waals surface area contributed by atoms with E-state index in [2.05, 4.69) is 21.5 Å². The van der Waals surface area contributed by atoms with E-state index < -0.39 is 0 Å². The maximum atomic E-state index is 12.8. The molecule has 3 heterocycles. The van der Waals surface area contributed by atoms with E-state index in [0.29, 0.717) is 5.69 Å². The van der Waals surface area contributed by atoms with Crippen molar-refractivity contribution in [3.63, 3.8) is 0 Å². The van der Waals surface area contributed by atoms with Gasteiger partial charge < -0.3 is 9.47 Å². The molecule has 1 amide bonds. The molecule has 23 heavy (non-hydrogen) atoms. The number of hydrogen-bond donors (Lipinski definition) is 0. The van der Waals surface area contributed by atoms with Crippen LogP contribution in [0.3, 0.4) is 0 Å². The molecule has 0 aliphatic carbocycles. The van der Waals surface area contributed by atoms with E-state index in [-0.39, 0.29) is 11.9 Å². The van der Waals surface area contributed by atoms with E-state index in [1.807, 2.05) is 37.2 Å². The Bertz CT molecular complexity index is 707. The van der Waals surface area contributed by atoms with Crippen LogP contribution in [-0.4, -0.2) is 37.9 Å². The number of carbonyl (C=O) groups is 1. The highest BCUT2D eigenvalue weighted by Crippen LogP contribution is 2.22. The van der Waals surface area contributed by atoms with E-state index in [1.165, 1.54) is 0 Å². The van der Waals surface area contributed by atoms with Crippen LogP contribution in [0.1, 0.15) is 47.2 Å². The molecule has 3 rings (SSSR count). The number of aryl methyl sites for hydroxylation is 3. The molecule has 2 aromatic heterocycles. The molecule has 0 aromatic carbocycles. The average Bonchev–Trinajstić information content (AvgIpc) is 3.18. The molecule has 0 spiro atoms. The molecule has 0 saturated carbocycles. The van der Waals surface area contributed by atoms with Crippen LogP contribution in [0.15, 0.2) is 24.7 Å². The van der Waals surface area contributed by atoms with Crippen LogP contribution >= 0.6 is 0 Å². The van der Waals surface area contributed by atoms with Crippen molar-refractivity contribution in [2.75, 3.05) is 6.54 Å². The fraction of sp³-hybridized carbons (Fsp3) is 0.500. The number of carbonyl (C=O) groups excluding carboxylic acids is 1.